The van der Waals surface area contributed by atoms with Crippen molar-refractivity contribution in [2.45, 2.75) is 37.6 Å². The average molecular weight is 1540 g/mol. The van der Waals surface area contributed by atoms with Crippen LogP contribution in [0, 0.1) is 20.8 Å². The van der Waals surface area contributed by atoms with E-state index < -0.39 is 5.41 Å². The van der Waals surface area contributed by atoms with Gasteiger partial charge in [0.2, 0.25) is 0 Å². The Hall–Kier alpha value is -15.3. The standard InChI is InChI=1S/C116H45N7/c1-34-5-11-37(12-6-34)52-44-25-27-46(117-44)53(38-13-7-35(2)8-14-38)48-29-31-50(119-48)55(51-32-30-49(120-51)54(47-28-26-45(52)118-47)39-15-9-36(3)10-16-39)40-17-21-42(22-18-40)121-122-43-23-19-41(20-24-43)114-116-112-106-100-90-78-70-62-58-56-57-60-64(62)72(78)82-76-68(60)69-61(57)65-63-59(56)67-66(58)74-80(70)88-94-84(74)85-75(67)81-71(63)79-73(65)83-77(69)87-86(76)98(92(82)100)108(112)109-99(87)93(83)101-91(79)97-89(81)95(85)103-102(94)110(104(106)96(88)90)115(116,33-123(114)4)111(103)105(97)107(101)113(109)116/h5-32,114,117,120H,33H2,1-4H3. The molecule has 7 aliphatic rings. The smallest absolute Gasteiger partial charge is 0.0857 e. The molecular formula is C116H45N7. The van der Waals surface area contributed by atoms with Crippen LogP contribution in [0.5, 0.6) is 0 Å². The Morgan fingerprint density at radius 1 is 0.252 bits per heavy atom. The summed E-state index contributed by atoms with van der Waals surface area (Å²) in [6.45, 7) is 7.40. The Morgan fingerprint density at radius 2 is 0.455 bits per heavy atom. The van der Waals surface area contributed by atoms with Crippen LogP contribution in [0.4, 0.5) is 11.4 Å². The van der Waals surface area contributed by atoms with Gasteiger partial charge < -0.3 is 9.97 Å². The van der Waals surface area contributed by atoms with E-state index in [1.165, 1.54) is 22.3 Å². The Bertz CT molecular complexity index is 11200. The molecule has 2 N–H and O–H groups in total. The molecule has 7 heteroatoms. The first-order valence-corrected chi connectivity index (χ1v) is 44.2. The third-order valence-electron chi connectivity index (χ3n) is 36.3. The van der Waals surface area contributed by atoms with Crippen molar-refractivity contribution in [3.05, 3.63) is 213 Å². The number of azo groups is 1. The molecule has 123 heavy (non-hydrogen) atoms. The van der Waals surface area contributed by atoms with Crippen LogP contribution < -0.4 is 0 Å². The van der Waals surface area contributed by atoms with Crippen molar-refractivity contribution in [1.29, 1.82) is 0 Å². The number of benzene rings is 23. The number of likely N-dealkylation sites (N-methyl/N-ethyl adjacent to an activating group) is 1. The van der Waals surface area contributed by atoms with E-state index in [1.54, 1.807) is 313 Å². The summed E-state index contributed by atoms with van der Waals surface area (Å²) in [6.07, 6.45) is 8.75. The lowest BCUT2D eigenvalue weighted by Gasteiger charge is -2.52. The Morgan fingerprint density at radius 3 is 0.691 bits per heavy atom. The number of aryl methyl sites for hydroxylation is 3. The lowest BCUT2D eigenvalue weighted by molar-refractivity contribution is 0.271. The number of hydrogen-bond donors (Lipinski definition) is 2. The molecule has 33 aromatic carbocycles. The lowest BCUT2D eigenvalue weighted by Crippen LogP contribution is -2.51. The summed E-state index contributed by atoms with van der Waals surface area (Å²) in [7, 11) is 2.56. The van der Waals surface area contributed by atoms with E-state index in [-0.39, 0.29) is 11.5 Å². The number of rotatable bonds is 7. The zero-order valence-electron chi connectivity index (χ0n) is 65.7. The Labute approximate surface area is 687 Å². The van der Waals surface area contributed by atoms with Crippen molar-refractivity contribution < 1.29 is 0 Å². The fraction of sp³-hybridized carbons (Fsp3) is 0.0690. The van der Waals surface area contributed by atoms with Crippen molar-refractivity contribution in [3.8, 4) is 44.5 Å². The van der Waals surface area contributed by atoms with Gasteiger partial charge in [0, 0.05) is 56.9 Å². The molecular weight excluding hydrogens is 1490 g/mol. The molecule has 6 heterocycles. The van der Waals surface area contributed by atoms with Crippen LogP contribution in [0.2, 0.25) is 0 Å². The van der Waals surface area contributed by atoms with Gasteiger partial charge in [0.15, 0.2) is 0 Å². The molecule has 8 bridgehead atoms. The molecule has 4 aliphatic carbocycles. The van der Waals surface area contributed by atoms with Crippen LogP contribution in [0.25, 0.3) is 382 Å². The van der Waals surface area contributed by atoms with E-state index in [2.05, 4.69) is 213 Å². The number of aromatic amines is 2. The third-order valence-corrected chi connectivity index (χ3v) is 36.3. The van der Waals surface area contributed by atoms with E-state index in [9.17, 15) is 0 Å². The highest BCUT2D eigenvalue weighted by Crippen LogP contribution is 2.87. The quantitative estimate of drug-likeness (QED) is 0.123. The van der Waals surface area contributed by atoms with Crippen LogP contribution in [0.1, 0.15) is 73.3 Å². The minimum atomic E-state index is -0.464. The van der Waals surface area contributed by atoms with Crippen LogP contribution in [0.3, 0.4) is 0 Å². The Kier molecular flexibility index (Phi) is 6.97. The normalized spacial score (nSPS) is 19.0. The molecule has 1 saturated heterocycles. The SMILES string of the molecule is Cc1ccc(-c2c3nc(c(-c4ccc(C)cc4)c4ccc([nH]4)c(-c4ccc(N=Nc5ccc(C6N(C)CC78c9c%10c%11c%12c%13c%14c(c%15c%16c7c7c9c9c%17c%10c%10c%11c%11c%13c%13c%18c%14c%14c%15c%15c%16c%16c7c7c9c9c%17c%17c%10c%10c%11c%13c%11c%13c%18c%14c%14c%15c%15c%16c7c7c9c9c%17c%10c%11c%10c%13c%14c%15c7c9%10)C%1268)cc5)cc4)c4nc(c(-c5ccc(C)cc5)c5ccc2[nH]5)C=C4)C=C3)cc1. The van der Waals surface area contributed by atoms with Gasteiger partial charge in [0.25, 0.3) is 0 Å². The molecule has 3 aliphatic heterocycles. The fourth-order valence-electron chi connectivity index (χ4n) is 33.7. The summed E-state index contributed by atoms with van der Waals surface area (Å²) in [5.41, 5.74) is 28.4. The van der Waals surface area contributed by atoms with E-state index in [4.69, 9.17) is 20.2 Å². The molecule has 1 atom stereocenters. The number of nitrogens with zero attached hydrogens (tertiary/aromatic N) is 5. The average Bonchev–Trinajstić information content (AvgIpc) is 1.38. The lowest BCUT2D eigenvalue weighted by atomic mass is 9.47. The molecule has 3 aromatic heterocycles. The Balaban J connectivity index is 0.543. The van der Waals surface area contributed by atoms with Gasteiger partial charge in [-0.3, -0.25) is 4.90 Å². The molecule has 544 valence electrons. The van der Waals surface area contributed by atoms with Crippen molar-refractivity contribution >= 4 is 349 Å². The minimum Gasteiger partial charge on any atom is -0.354 e. The van der Waals surface area contributed by atoms with Crippen molar-refractivity contribution in [3.63, 3.8) is 0 Å². The molecule has 43 rings (SSSR count). The maximum absolute atomic E-state index is 5.69. The molecule has 1 unspecified atom stereocenters. The molecule has 36 aromatic rings. The molecule has 0 amide bonds. The minimum absolute atomic E-state index is 0.00299. The zero-order valence-corrected chi connectivity index (χ0v) is 65.7. The largest absolute Gasteiger partial charge is 0.354 e. The van der Waals surface area contributed by atoms with Gasteiger partial charge >= 0.3 is 0 Å². The van der Waals surface area contributed by atoms with Gasteiger partial charge in [-0.05, 0) is 442 Å². The first kappa shape index (κ1) is 55.5. The van der Waals surface area contributed by atoms with Gasteiger partial charge in [-0.25, -0.2) is 9.97 Å². The first-order valence-electron chi connectivity index (χ1n) is 44.2. The van der Waals surface area contributed by atoms with Gasteiger partial charge in [-0.2, -0.15) is 10.2 Å². The van der Waals surface area contributed by atoms with Crippen LogP contribution in [-0.2, 0) is 10.8 Å². The van der Waals surface area contributed by atoms with E-state index in [0.29, 0.717) is 0 Å². The monoisotopic (exact) mass is 1540 g/mol. The second-order valence-electron chi connectivity index (χ2n) is 40.2. The van der Waals surface area contributed by atoms with E-state index in [0.717, 1.165) is 107 Å². The number of hydrogen-bond acceptors (Lipinski definition) is 5. The number of H-pyrrole nitrogens is 2. The highest BCUT2D eigenvalue weighted by Gasteiger charge is 2.76. The number of likely N-dealkylation sites (tertiary alicyclic amines) is 1. The van der Waals surface area contributed by atoms with Gasteiger partial charge in [-0.15, -0.1) is 0 Å². The van der Waals surface area contributed by atoms with Gasteiger partial charge in [0.1, 0.15) is 0 Å². The van der Waals surface area contributed by atoms with Gasteiger partial charge in [-0.1, -0.05) is 114 Å². The maximum Gasteiger partial charge on any atom is 0.0857 e. The second-order valence-corrected chi connectivity index (χ2v) is 40.2. The van der Waals surface area contributed by atoms with Crippen LogP contribution in [0.15, 0.2) is 156 Å². The topological polar surface area (TPSA) is 85.3 Å². The molecule has 1 fully saturated rings. The number of aromatic nitrogens is 4. The van der Waals surface area contributed by atoms with Crippen molar-refractivity contribution in [2.24, 2.45) is 10.2 Å². The fourth-order valence-corrected chi connectivity index (χ4v) is 33.7. The second kappa shape index (κ2) is 15.5. The predicted molar refractivity (Wildman–Crippen MR) is 515 cm³/mol. The summed E-state index contributed by atoms with van der Waals surface area (Å²) in [4.78, 5) is 22.2. The summed E-state index contributed by atoms with van der Waals surface area (Å²) in [5.74, 6) is 0. The van der Waals surface area contributed by atoms with Crippen LogP contribution >= 0.6 is 0 Å². The zero-order chi connectivity index (χ0) is 77.1. The number of nitrogens with one attached hydrogen (secondary N) is 2. The van der Waals surface area contributed by atoms with E-state index in [1.807, 2.05) is 0 Å². The van der Waals surface area contributed by atoms with E-state index >= 15 is 0 Å². The van der Waals surface area contributed by atoms with Crippen molar-refractivity contribution in [2.75, 3.05) is 13.6 Å². The highest BCUT2D eigenvalue weighted by molar-refractivity contribution is 6.82. The molecule has 0 saturated carbocycles. The van der Waals surface area contributed by atoms with Gasteiger partial charge in [0.05, 0.1) is 45.0 Å². The number of fused-ring (bicyclic) bond motifs is 8. The summed E-state index contributed by atoms with van der Waals surface area (Å²) < 4.78 is 0. The first-order chi connectivity index (χ1) is 60.8. The highest BCUT2D eigenvalue weighted by atomic mass is 15.2. The molecule has 2 spiro atoms. The van der Waals surface area contributed by atoms with Crippen LogP contribution in [-0.4, -0.2) is 38.4 Å². The van der Waals surface area contributed by atoms with Crippen molar-refractivity contribution in [1.82, 2.24) is 24.8 Å². The molecule has 0 radical (unpaired) electrons. The summed E-state index contributed by atoms with van der Waals surface area (Å²) in [6, 6.07) is 53.7. The maximum atomic E-state index is 5.69. The summed E-state index contributed by atoms with van der Waals surface area (Å²) >= 11 is 0. The third kappa shape index (κ3) is 4.40. The predicted octanol–water partition coefficient (Wildman–Crippen LogP) is 31.0. The molecule has 7 nitrogen and oxygen atoms in total. The summed E-state index contributed by atoms with van der Waals surface area (Å²) in [5, 5.41) is 98.7.